The Morgan fingerprint density at radius 1 is 1.42 bits per heavy atom. The third-order valence-corrected chi connectivity index (χ3v) is 4.82. The van der Waals surface area contributed by atoms with Crippen LogP contribution in [0.1, 0.15) is 13.8 Å². The van der Waals surface area contributed by atoms with Gasteiger partial charge in [-0.3, -0.25) is 4.21 Å². The molecule has 0 aromatic heterocycles. The summed E-state index contributed by atoms with van der Waals surface area (Å²) in [4.78, 5) is 12.4. The highest BCUT2D eigenvalue weighted by Crippen LogP contribution is 2.19. The minimum Gasteiger partial charge on any atom is -0.336 e. The molecule has 2 amide bonds. The summed E-state index contributed by atoms with van der Waals surface area (Å²) in [5.74, 6) is 0. The Labute approximate surface area is 121 Å². The van der Waals surface area contributed by atoms with Gasteiger partial charge in [-0.2, -0.15) is 11.8 Å². The quantitative estimate of drug-likeness (QED) is 0.879. The summed E-state index contributed by atoms with van der Waals surface area (Å²) in [5.41, 5.74) is 0.646. The molecule has 0 bridgehead atoms. The van der Waals surface area contributed by atoms with Gasteiger partial charge in [0.1, 0.15) is 0 Å². The molecule has 1 rings (SSSR count). The second-order valence-electron chi connectivity index (χ2n) is 4.75. The van der Waals surface area contributed by atoms with E-state index in [0.29, 0.717) is 17.1 Å². The van der Waals surface area contributed by atoms with Crippen LogP contribution in [-0.4, -0.2) is 34.0 Å². The number of anilines is 1. The SMILES string of the molecule is CSC(C)(C)CNC(=O)Nc1cccc([S@@](C)=O)c1. The van der Waals surface area contributed by atoms with Crippen LogP contribution in [0.25, 0.3) is 0 Å². The number of carbonyl (C=O) groups excluding carboxylic acids is 1. The van der Waals surface area contributed by atoms with Crippen molar-refractivity contribution in [1.29, 1.82) is 0 Å². The van der Waals surface area contributed by atoms with Crippen molar-refractivity contribution in [3.63, 3.8) is 0 Å². The molecule has 0 saturated carbocycles. The number of benzene rings is 1. The van der Waals surface area contributed by atoms with Gasteiger partial charge in [-0.25, -0.2) is 4.79 Å². The minimum absolute atomic E-state index is 0.00407. The van der Waals surface area contributed by atoms with Crippen molar-refractivity contribution in [2.75, 3.05) is 24.4 Å². The van der Waals surface area contributed by atoms with Crippen LogP contribution in [0.5, 0.6) is 0 Å². The van der Waals surface area contributed by atoms with E-state index < -0.39 is 10.8 Å². The summed E-state index contributed by atoms with van der Waals surface area (Å²) in [6.07, 6.45) is 3.62. The maximum atomic E-state index is 11.7. The fourth-order valence-corrected chi connectivity index (χ4v) is 2.07. The average molecular weight is 300 g/mol. The number of thioether (sulfide) groups is 1. The van der Waals surface area contributed by atoms with Crippen molar-refractivity contribution in [2.24, 2.45) is 0 Å². The van der Waals surface area contributed by atoms with Crippen LogP contribution in [0.15, 0.2) is 29.2 Å². The molecule has 0 aliphatic carbocycles. The van der Waals surface area contributed by atoms with Crippen LogP contribution in [0.4, 0.5) is 10.5 Å². The number of carbonyl (C=O) groups is 1. The van der Waals surface area contributed by atoms with Crippen LogP contribution >= 0.6 is 11.8 Å². The van der Waals surface area contributed by atoms with Crippen LogP contribution in [0.2, 0.25) is 0 Å². The molecular formula is C13H20N2O2S2. The predicted molar refractivity (Wildman–Crippen MR) is 83.4 cm³/mol. The molecule has 0 fully saturated rings. The van der Waals surface area contributed by atoms with Gasteiger partial charge >= 0.3 is 6.03 Å². The third kappa shape index (κ3) is 5.65. The van der Waals surface area contributed by atoms with Gasteiger partial charge in [-0.15, -0.1) is 0 Å². The van der Waals surface area contributed by atoms with E-state index in [9.17, 15) is 9.00 Å². The van der Waals surface area contributed by atoms with E-state index in [2.05, 4.69) is 24.5 Å². The predicted octanol–water partition coefficient (Wildman–Crippen LogP) is 2.69. The number of nitrogens with one attached hydrogen (secondary N) is 2. The minimum atomic E-state index is -1.05. The maximum absolute atomic E-state index is 11.7. The fraction of sp³-hybridized carbons (Fsp3) is 0.462. The van der Waals surface area contributed by atoms with Gasteiger partial charge in [-0.1, -0.05) is 6.07 Å². The summed E-state index contributed by atoms with van der Waals surface area (Å²) in [7, 11) is -1.05. The largest absolute Gasteiger partial charge is 0.336 e. The molecule has 0 heterocycles. The standard InChI is InChI=1S/C13H20N2O2S2/c1-13(2,18-3)9-14-12(16)15-10-6-5-7-11(8-10)19(4)17/h5-8H,9H2,1-4H3,(H2,14,15,16)/t19-/m1/s1. The smallest absolute Gasteiger partial charge is 0.319 e. The molecule has 0 unspecified atom stereocenters. The summed E-state index contributed by atoms with van der Waals surface area (Å²) < 4.78 is 11.4. The molecule has 19 heavy (non-hydrogen) atoms. The summed E-state index contributed by atoms with van der Waals surface area (Å²) in [6.45, 7) is 4.72. The first kappa shape index (κ1) is 16.0. The highest BCUT2D eigenvalue weighted by atomic mass is 32.2. The summed E-state index contributed by atoms with van der Waals surface area (Å²) in [5, 5.41) is 5.56. The lowest BCUT2D eigenvalue weighted by Crippen LogP contribution is -2.38. The highest BCUT2D eigenvalue weighted by molar-refractivity contribution is 7.99. The zero-order valence-corrected chi connectivity index (χ0v) is 13.3. The van der Waals surface area contributed by atoms with Crippen LogP contribution in [-0.2, 0) is 10.8 Å². The molecule has 2 N–H and O–H groups in total. The van der Waals surface area contributed by atoms with Gasteiger partial charge in [0.25, 0.3) is 0 Å². The zero-order valence-electron chi connectivity index (χ0n) is 11.6. The molecule has 0 radical (unpaired) electrons. The van der Waals surface area contributed by atoms with Crippen LogP contribution in [0, 0.1) is 0 Å². The normalized spacial score (nSPS) is 12.8. The van der Waals surface area contributed by atoms with Crippen LogP contribution in [0.3, 0.4) is 0 Å². The van der Waals surface area contributed by atoms with Gasteiger partial charge in [0.05, 0.1) is 0 Å². The number of rotatable bonds is 5. The fourth-order valence-electron chi connectivity index (χ4n) is 1.29. The van der Waals surface area contributed by atoms with Gasteiger partial charge < -0.3 is 10.6 Å². The molecule has 1 atom stereocenters. The molecule has 106 valence electrons. The lowest BCUT2D eigenvalue weighted by molar-refractivity contribution is 0.251. The Morgan fingerprint density at radius 3 is 2.68 bits per heavy atom. The maximum Gasteiger partial charge on any atom is 0.319 e. The number of hydrogen-bond acceptors (Lipinski definition) is 3. The molecule has 0 aliphatic rings. The van der Waals surface area contributed by atoms with Crippen molar-refractivity contribution in [3.8, 4) is 0 Å². The molecule has 4 nitrogen and oxygen atoms in total. The Hall–Kier alpha value is -1.01. The first-order valence-electron chi connectivity index (χ1n) is 5.87. The zero-order chi connectivity index (χ0) is 14.5. The van der Waals surface area contributed by atoms with Gasteiger partial charge in [-0.05, 0) is 38.3 Å². The van der Waals surface area contributed by atoms with E-state index in [1.807, 2.05) is 6.26 Å². The Morgan fingerprint density at radius 2 is 2.11 bits per heavy atom. The Balaban J connectivity index is 2.58. The molecule has 0 spiro atoms. The van der Waals surface area contributed by atoms with Crippen molar-refractivity contribution < 1.29 is 9.00 Å². The Kier molecular flexibility index (Phi) is 5.87. The van der Waals surface area contributed by atoms with Crippen molar-refractivity contribution in [1.82, 2.24) is 5.32 Å². The molecule has 0 aliphatic heterocycles. The molecule has 0 saturated heterocycles. The first-order chi connectivity index (χ1) is 8.84. The number of amides is 2. The second-order valence-corrected chi connectivity index (χ2v) is 7.65. The topological polar surface area (TPSA) is 58.2 Å². The molecular weight excluding hydrogens is 280 g/mol. The number of hydrogen-bond donors (Lipinski definition) is 2. The van der Waals surface area contributed by atoms with Crippen molar-refractivity contribution in [2.45, 2.75) is 23.5 Å². The highest BCUT2D eigenvalue weighted by Gasteiger charge is 2.16. The van der Waals surface area contributed by atoms with E-state index in [-0.39, 0.29) is 10.8 Å². The Bertz CT molecular complexity index is 475. The molecule has 1 aromatic carbocycles. The summed E-state index contributed by atoms with van der Waals surface area (Å²) in [6, 6.07) is 6.79. The van der Waals surface area contributed by atoms with E-state index in [1.165, 1.54) is 0 Å². The van der Waals surface area contributed by atoms with Gasteiger partial charge in [0.2, 0.25) is 0 Å². The lowest BCUT2D eigenvalue weighted by Gasteiger charge is -2.22. The number of urea groups is 1. The van der Waals surface area contributed by atoms with Crippen molar-refractivity contribution >= 4 is 34.3 Å². The monoisotopic (exact) mass is 300 g/mol. The van der Waals surface area contributed by atoms with Crippen molar-refractivity contribution in [3.05, 3.63) is 24.3 Å². The third-order valence-electron chi connectivity index (χ3n) is 2.65. The molecule has 1 aromatic rings. The second kappa shape index (κ2) is 6.96. The average Bonchev–Trinajstić information content (AvgIpc) is 2.37. The van der Waals surface area contributed by atoms with Gasteiger partial charge in [0.15, 0.2) is 0 Å². The van der Waals surface area contributed by atoms with Gasteiger partial charge in [0, 0.05) is 38.9 Å². The van der Waals surface area contributed by atoms with E-state index >= 15 is 0 Å². The van der Waals surface area contributed by atoms with E-state index in [4.69, 9.17) is 0 Å². The van der Waals surface area contributed by atoms with Crippen LogP contribution < -0.4 is 10.6 Å². The van der Waals surface area contributed by atoms with E-state index in [1.54, 1.807) is 42.3 Å². The summed E-state index contributed by atoms with van der Waals surface area (Å²) >= 11 is 1.70. The van der Waals surface area contributed by atoms with E-state index in [0.717, 1.165) is 0 Å². The molecule has 6 heteroatoms. The first-order valence-corrected chi connectivity index (χ1v) is 8.66. The lowest BCUT2D eigenvalue weighted by atomic mass is 10.2.